The van der Waals surface area contributed by atoms with Gasteiger partial charge in [-0.15, -0.1) is 0 Å². The largest absolute Gasteiger partial charge is 0.391 e. The fourth-order valence-electron chi connectivity index (χ4n) is 2.48. The SMILES string of the molecule is COCC(C)C(O)C1CCc2ccccc2N1. The van der Waals surface area contributed by atoms with Crippen LogP contribution in [-0.2, 0) is 11.2 Å². The monoisotopic (exact) mass is 235 g/mol. The van der Waals surface area contributed by atoms with E-state index < -0.39 is 0 Å². The van der Waals surface area contributed by atoms with Gasteiger partial charge in [0.2, 0.25) is 0 Å². The summed E-state index contributed by atoms with van der Waals surface area (Å²) in [5.74, 6) is 0.155. The number of fused-ring (bicyclic) bond motifs is 1. The highest BCUT2D eigenvalue weighted by Crippen LogP contribution is 2.27. The number of nitrogens with one attached hydrogen (secondary N) is 1. The number of ether oxygens (including phenoxy) is 1. The number of rotatable bonds is 4. The molecular weight excluding hydrogens is 214 g/mol. The lowest BCUT2D eigenvalue weighted by Crippen LogP contribution is -2.41. The van der Waals surface area contributed by atoms with E-state index >= 15 is 0 Å². The molecule has 0 aliphatic carbocycles. The lowest BCUT2D eigenvalue weighted by molar-refractivity contribution is 0.0429. The number of hydrogen-bond acceptors (Lipinski definition) is 3. The summed E-state index contributed by atoms with van der Waals surface area (Å²) in [6.45, 7) is 2.62. The number of aliphatic hydroxyl groups excluding tert-OH is 1. The van der Waals surface area contributed by atoms with Crippen LogP contribution in [-0.4, -0.2) is 31.0 Å². The second kappa shape index (κ2) is 5.52. The Bertz CT molecular complexity index is 367. The van der Waals surface area contributed by atoms with Gasteiger partial charge in [0.05, 0.1) is 18.8 Å². The molecule has 1 aliphatic heterocycles. The fourth-order valence-corrected chi connectivity index (χ4v) is 2.48. The van der Waals surface area contributed by atoms with Crippen LogP contribution in [0.2, 0.25) is 0 Å². The van der Waals surface area contributed by atoms with Gasteiger partial charge in [-0.1, -0.05) is 25.1 Å². The summed E-state index contributed by atoms with van der Waals surface area (Å²) in [6.07, 6.45) is 1.65. The van der Waals surface area contributed by atoms with Crippen LogP contribution in [0.25, 0.3) is 0 Å². The summed E-state index contributed by atoms with van der Waals surface area (Å²) < 4.78 is 5.10. The lowest BCUT2D eigenvalue weighted by Gasteiger charge is -2.33. The van der Waals surface area contributed by atoms with Crippen molar-refractivity contribution in [2.45, 2.75) is 31.9 Å². The molecule has 3 heteroatoms. The first-order chi connectivity index (χ1) is 8.22. The minimum Gasteiger partial charge on any atom is -0.391 e. The van der Waals surface area contributed by atoms with E-state index in [1.165, 1.54) is 5.56 Å². The van der Waals surface area contributed by atoms with Crippen molar-refractivity contribution in [2.75, 3.05) is 19.0 Å². The third-order valence-corrected chi connectivity index (χ3v) is 3.51. The molecule has 0 fully saturated rings. The highest BCUT2D eigenvalue weighted by molar-refractivity contribution is 5.53. The molecule has 1 aromatic carbocycles. The highest BCUT2D eigenvalue weighted by Gasteiger charge is 2.27. The molecular formula is C14H21NO2. The molecule has 0 spiro atoms. The van der Waals surface area contributed by atoms with E-state index in [0.29, 0.717) is 6.61 Å². The summed E-state index contributed by atoms with van der Waals surface area (Å²) >= 11 is 0. The lowest BCUT2D eigenvalue weighted by atomic mass is 9.90. The van der Waals surface area contributed by atoms with Gasteiger partial charge >= 0.3 is 0 Å². The Morgan fingerprint density at radius 2 is 2.24 bits per heavy atom. The number of aryl methyl sites for hydroxylation is 1. The zero-order valence-electron chi connectivity index (χ0n) is 10.5. The zero-order valence-corrected chi connectivity index (χ0v) is 10.5. The molecule has 2 N–H and O–H groups in total. The standard InChI is InChI=1S/C14H21NO2/c1-10(9-17-2)14(16)13-8-7-11-5-3-4-6-12(11)15-13/h3-6,10,13-16H,7-9H2,1-2H3. The van der Waals surface area contributed by atoms with E-state index in [-0.39, 0.29) is 18.1 Å². The van der Waals surface area contributed by atoms with Crippen LogP contribution in [0.1, 0.15) is 18.9 Å². The average Bonchev–Trinajstić information content (AvgIpc) is 2.37. The van der Waals surface area contributed by atoms with Crippen LogP contribution in [0.3, 0.4) is 0 Å². The fraction of sp³-hybridized carbons (Fsp3) is 0.571. The summed E-state index contributed by atoms with van der Waals surface area (Å²) in [4.78, 5) is 0. The van der Waals surface area contributed by atoms with Crippen molar-refractivity contribution in [1.82, 2.24) is 0 Å². The van der Waals surface area contributed by atoms with Gasteiger partial charge in [-0.05, 0) is 24.5 Å². The van der Waals surface area contributed by atoms with Gasteiger partial charge in [0.1, 0.15) is 0 Å². The molecule has 0 radical (unpaired) electrons. The molecule has 0 aromatic heterocycles. The summed E-state index contributed by atoms with van der Waals surface area (Å²) in [5, 5.41) is 13.7. The van der Waals surface area contributed by atoms with Crippen LogP contribution in [0.4, 0.5) is 5.69 Å². The third-order valence-electron chi connectivity index (χ3n) is 3.51. The van der Waals surface area contributed by atoms with Crippen molar-refractivity contribution >= 4 is 5.69 Å². The summed E-state index contributed by atoms with van der Waals surface area (Å²) in [7, 11) is 1.67. The van der Waals surface area contributed by atoms with Gasteiger partial charge in [-0.3, -0.25) is 0 Å². The minimum absolute atomic E-state index is 0.134. The minimum atomic E-state index is -0.358. The third kappa shape index (κ3) is 2.79. The highest BCUT2D eigenvalue weighted by atomic mass is 16.5. The molecule has 1 aliphatic rings. The van der Waals surface area contributed by atoms with E-state index in [2.05, 4.69) is 23.5 Å². The Balaban J connectivity index is 2.02. The number of aliphatic hydroxyl groups is 1. The predicted molar refractivity (Wildman–Crippen MR) is 69.2 cm³/mol. The van der Waals surface area contributed by atoms with Gasteiger partial charge in [0.15, 0.2) is 0 Å². The quantitative estimate of drug-likeness (QED) is 0.839. The maximum absolute atomic E-state index is 10.3. The van der Waals surface area contributed by atoms with E-state index in [0.717, 1.165) is 18.5 Å². The first-order valence-electron chi connectivity index (χ1n) is 6.24. The first kappa shape index (κ1) is 12.4. The van der Waals surface area contributed by atoms with E-state index in [9.17, 15) is 5.11 Å². The van der Waals surface area contributed by atoms with Crippen LogP contribution in [0.5, 0.6) is 0 Å². The predicted octanol–water partition coefficient (Wildman–Crippen LogP) is 2.06. The Labute approximate surface area is 103 Å². The topological polar surface area (TPSA) is 41.5 Å². The van der Waals surface area contributed by atoms with Gasteiger partial charge < -0.3 is 15.2 Å². The van der Waals surface area contributed by atoms with Crippen molar-refractivity contribution in [2.24, 2.45) is 5.92 Å². The number of anilines is 1. The van der Waals surface area contributed by atoms with Gasteiger partial charge in [0.25, 0.3) is 0 Å². The Hall–Kier alpha value is -1.06. The summed E-state index contributed by atoms with van der Waals surface area (Å²) in [5.41, 5.74) is 2.50. The number of hydrogen-bond donors (Lipinski definition) is 2. The van der Waals surface area contributed by atoms with Crippen molar-refractivity contribution in [1.29, 1.82) is 0 Å². The molecule has 0 saturated carbocycles. The Kier molecular flexibility index (Phi) is 4.02. The molecule has 2 rings (SSSR count). The Morgan fingerprint density at radius 3 is 3.00 bits per heavy atom. The molecule has 0 bridgehead atoms. The molecule has 0 saturated heterocycles. The zero-order chi connectivity index (χ0) is 12.3. The maximum Gasteiger partial charge on any atom is 0.0788 e. The normalized spacial score (nSPS) is 22.4. The van der Waals surface area contributed by atoms with Crippen molar-refractivity contribution in [3.63, 3.8) is 0 Å². The Morgan fingerprint density at radius 1 is 1.47 bits per heavy atom. The van der Waals surface area contributed by atoms with E-state index in [1.807, 2.05) is 13.0 Å². The van der Waals surface area contributed by atoms with E-state index in [1.54, 1.807) is 7.11 Å². The van der Waals surface area contributed by atoms with Crippen LogP contribution >= 0.6 is 0 Å². The van der Waals surface area contributed by atoms with Crippen molar-refractivity contribution in [3.05, 3.63) is 29.8 Å². The molecule has 94 valence electrons. The van der Waals surface area contributed by atoms with E-state index in [4.69, 9.17) is 4.74 Å². The molecule has 0 amide bonds. The van der Waals surface area contributed by atoms with Gasteiger partial charge in [0, 0.05) is 18.7 Å². The molecule has 1 heterocycles. The molecule has 1 aromatic rings. The van der Waals surface area contributed by atoms with Gasteiger partial charge in [-0.25, -0.2) is 0 Å². The van der Waals surface area contributed by atoms with Crippen LogP contribution in [0.15, 0.2) is 24.3 Å². The molecule has 3 nitrogen and oxygen atoms in total. The van der Waals surface area contributed by atoms with Crippen LogP contribution in [0, 0.1) is 5.92 Å². The maximum atomic E-state index is 10.3. The number of methoxy groups -OCH3 is 1. The summed E-state index contributed by atoms with van der Waals surface area (Å²) in [6, 6.07) is 8.44. The van der Waals surface area contributed by atoms with Gasteiger partial charge in [-0.2, -0.15) is 0 Å². The van der Waals surface area contributed by atoms with Crippen molar-refractivity contribution < 1.29 is 9.84 Å². The second-order valence-electron chi connectivity index (χ2n) is 4.87. The molecule has 3 atom stereocenters. The van der Waals surface area contributed by atoms with Crippen LogP contribution < -0.4 is 5.32 Å². The number of para-hydroxylation sites is 1. The first-order valence-corrected chi connectivity index (χ1v) is 6.24. The smallest absolute Gasteiger partial charge is 0.0788 e. The molecule has 17 heavy (non-hydrogen) atoms. The second-order valence-corrected chi connectivity index (χ2v) is 4.87. The molecule has 3 unspecified atom stereocenters. The average molecular weight is 235 g/mol. The van der Waals surface area contributed by atoms with Crippen molar-refractivity contribution in [3.8, 4) is 0 Å². The number of benzene rings is 1.